The van der Waals surface area contributed by atoms with Crippen LogP contribution in [0.3, 0.4) is 0 Å². The van der Waals surface area contributed by atoms with E-state index in [9.17, 15) is 4.79 Å². The van der Waals surface area contributed by atoms with Gasteiger partial charge in [-0.25, -0.2) is 0 Å². The van der Waals surface area contributed by atoms with Crippen molar-refractivity contribution in [1.29, 1.82) is 0 Å². The molecule has 0 bridgehead atoms. The van der Waals surface area contributed by atoms with E-state index in [0.29, 0.717) is 13.2 Å². The highest BCUT2D eigenvalue weighted by atomic mass is 35.5. The van der Waals surface area contributed by atoms with Crippen molar-refractivity contribution in [3.05, 3.63) is 29.3 Å². The lowest BCUT2D eigenvalue weighted by Gasteiger charge is -2.18. The van der Waals surface area contributed by atoms with Crippen LogP contribution >= 0.6 is 12.4 Å². The molecule has 5 nitrogen and oxygen atoms in total. The molecule has 0 aliphatic carbocycles. The third kappa shape index (κ3) is 5.09. The second-order valence-electron chi connectivity index (χ2n) is 4.50. The minimum Gasteiger partial charge on any atom is -0.382 e. The van der Waals surface area contributed by atoms with E-state index in [4.69, 9.17) is 9.47 Å². The first kappa shape index (κ1) is 16.9. The number of carbonyl (C=O) groups excluding carboxylic acids is 1. The summed E-state index contributed by atoms with van der Waals surface area (Å²) in [5, 5.41) is 6.15. The van der Waals surface area contributed by atoms with Crippen molar-refractivity contribution in [2.75, 3.05) is 38.8 Å². The van der Waals surface area contributed by atoms with Gasteiger partial charge in [-0.1, -0.05) is 6.07 Å². The lowest BCUT2D eigenvalue weighted by atomic mass is 10.0. The molecule has 2 N–H and O–H groups in total. The van der Waals surface area contributed by atoms with Gasteiger partial charge >= 0.3 is 0 Å². The zero-order valence-corrected chi connectivity index (χ0v) is 12.4. The summed E-state index contributed by atoms with van der Waals surface area (Å²) in [6.07, 6.45) is 1.05. The highest BCUT2D eigenvalue weighted by Crippen LogP contribution is 2.18. The van der Waals surface area contributed by atoms with E-state index in [0.717, 1.165) is 25.2 Å². The number of benzene rings is 1. The fraction of sp³-hybridized carbons (Fsp3) is 0.500. The van der Waals surface area contributed by atoms with Gasteiger partial charge in [0.15, 0.2) is 0 Å². The van der Waals surface area contributed by atoms with E-state index in [2.05, 4.69) is 16.7 Å². The Hall–Kier alpha value is -1.14. The van der Waals surface area contributed by atoms with Crippen molar-refractivity contribution in [2.45, 2.75) is 13.0 Å². The number of nitrogens with one attached hydrogen (secondary N) is 2. The van der Waals surface area contributed by atoms with Gasteiger partial charge in [-0.05, 0) is 36.2 Å². The van der Waals surface area contributed by atoms with Gasteiger partial charge in [0.2, 0.25) is 5.91 Å². The smallest absolute Gasteiger partial charge is 0.250 e. The molecule has 20 heavy (non-hydrogen) atoms. The molecule has 0 unspecified atom stereocenters. The number of carbonyl (C=O) groups is 1. The van der Waals surface area contributed by atoms with Crippen LogP contribution in [-0.2, 0) is 27.2 Å². The molecular formula is C14H21ClN2O3. The number of ether oxygens (including phenoxy) is 2. The Morgan fingerprint density at radius 1 is 1.35 bits per heavy atom. The third-order valence-electron chi connectivity index (χ3n) is 3.04. The lowest BCUT2D eigenvalue weighted by Crippen LogP contribution is -2.24. The van der Waals surface area contributed by atoms with E-state index >= 15 is 0 Å². The van der Waals surface area contributed by atoms with Crippen molar-refractivity contribution in [3.8, 4) is 0 Å². The molecule has 0 fully saturated rings. The predicted molar refractivity (Wildman–Crippen MR) is 80.4 cm³/mol. The topological polar surface area (TPSA) is 59.6 Å². The lowest BCUT2D eigenvalue weighted by molar-refractivity contribution is -0.121. The van der Waals surface area contributed by atoms with Gasteiger partial charge in [0.05, 0.1) is 13.2 Å². The number of halogens is 1. The molecular weight excluding hydrogens is 280 g/mol. The molecule has 1 aromatic carbocycles. The maximum atomic E-state index is 11.7. The standard InChI is InChI=1S/C14H20N2O3.ClH/c1-18-6-7-19-10-14(17)16-13-3-2-11-4-5-15-9-12(11)8-13;/h2-3,8,15H,4-7,9-10H2,1H3,(H,16,17);1H. The Morgan fingerprint density at radius 2 is 2.20 bits per heavy atom. The van der Waals surface area contributed by atoms with Gasteiger partial charge < -0.3 is 20.1 Å². The number of hydrogen-bond donors (Lipinski definition) is 2. The summed E-state index contributed by atoms with van der Waals surface area (Å²) in [6, 6.07) is 6.04. The molecule has 0 radical (unpaired) electrons. The quantitative estimate of drug-likeness (QED) is 0.779. The second kappa shape index (κ2) is 8.92. The summed E-state index contributed by atoms with van der Waals surface area (Å²) in [4.78, 5) is 11.7. The van der Waals surface area contributed by atoms with Gasteiger partial charge in [0.25, 0.3) is 0 Å². The summed E-state index contributed by atoms with van der Waals surface area (Å²) in [7, 11) is 1.60. The van der Waals surface area contributed by atoms with Gasteiger partial charge in [-0.2, -0.15) is 0 Å². The van der Waals surface area contributed by atoms with Crippen LogP contribution in [0.1, 0.15) is 11.1 Å². The zero-order chi connectivity index (χ0) is 13.5. The predicted octanol–water partition coefficient (Wildman–Crippen LogP) is 1.36. The van der Waals surface area contributed by atoms with Gasteiger partial charge in [0, 0.05) is 19.3 Å². The number of fused-ring (bicyclic) bond motifs is 1. The second-order valence-corrected chi connectivity index (χ2v) is 4.50. The normalized spacial score (nSPS) is 13.2. The summed E-state index contributed by atoms with van der Waals surface area (Å²) in [5.41, 5.74) is 3.43. The van der Waals surface area contributed by atoms with E-state index in [1.165, 1.54) is 11.1 Å². The van der Waals surface area contributed by atoms with Crippen molar-refractivity contribution < 1.29 is 14.3 Å². The molecule has 6 heteroatoms. The van der Waals surface area contributed by atoms with Crippen LogP contribution in [0.2, 0.25) is 0 Å². The molecule has 0 saturated heterocycles. The van der Waals surface area contributed by atoms with E-state index in [1.807, 2.05) is 12.1 Å². The third-order valence-corrected chi connectivity index (χ3v) is 3.04. The summed E-state index contributed by atoms with van der Waals surface area (Å²) in [5.74, 6) is -0.139. The number of amides is 1. The molecule has 1 aliphatic heterocycles. The molecule has 2 rings (SSSR count). The first-order valence-corrected chi connectivity index (χ1v) is 6.48. The van der Waals surface area contributed by atoms with Crippen LogP contribution in [-0.4, -0.2) is 39.4 Å². The van der Waals surface area contributed by atoms with Crippen molar-refractivity contribution in [3.63, 3.8) is 0 Å². The van der Waals surface area contributed by atoms with E-state index in [1.54, 1.807) is 7.11 Å². The molecule has 112 valence electrons. The Kier molecular flexibility index (Phi) is 7.54. The Balaban J connectivity index is 0.00000200. The van der Waals surface area contributed by atoms with Gasteiger partial charge in [-0.3, -0.25) is 4.79 Å². The fourth-order valence-electron chi connectivity index (χ4n) is 2.06. The molecule has 1 heterocycles. The highest BCUT2D eigenvalue weighted by Gasteiger charge is 2.10. The molecule has 0 spiro atoms. The minimum absolute atomic E-state index is 0. The van der Waals surface area contributed by atoms with Crippen molar-refractivity contribution in [1.82, 2.24) is 5.32 Å². The maximum Gasteiger partial charge on any atom is 0.250 e. The number of hydrogen-bond acceptors (Lipinski definition) is 4. The van der Waals surface area contributed by atoms with Gasteiger partial charge in [0.1, 0.15) is 6.61 Å². The molecule has 0 saturated carbocycles. The van der Waals surface area contributed by atoms with E-state index in [-0.39, 0.29) is 24.9 Å². The fourth-order valence-corrected chi connectivity index (χ4v) is 2.06. The van der Waals surface area contributed by atoms with Crippen LogP contribution in [0.5, 0.6) is 0 Å². The van der Waals surface area contributed by atoms with Crippen LogP contribution in [0, 0.1) is 0 Å². The minimum atomic E-state index is -0.139. The van der Waals surface area contributed by atoms with Crippen molar-refractivity contribution >= 4 is 24.0 Å². The summed E-state index contributed by atoms with van der Waals surface area (Å²) < 4.78 is 10.0. The van der Waals surface area contributed by atoms with Crippen molar-refractivity contribution in [2.24, 2.45) is 0 Å². The number of rotatable bonds is 6. The van der Waals surface area contributed by atoms with E-state index < -0.39 is 0 Å². The Labute approximate surface area is 125 Å². The molecule has 1 aliphatic rings. The maximum absolute atomic E-state index is 11.7. The first-order valence-electron chi connectivity index (χ1n) is 6.48. The van der Waals surface area contributed by atoms with Crippen LogP contribution in [0.15, 0.2) is 18.2 Å². The molecule has 1 aromatic rings. The Bertz CT molecular complexity index is 440. The zero-order valence-electron chi connectivity index (χ0n) is 11.6. The molecule has 1 amide bonds. The van der Waals surface area contributed by atoms with Crippen LogP contribution in [0.25, 0.3) is 0 Å². The van der Waals surface area contributed by atoms with Gasteiger partial charge in [-0.15, -0.1) is 12.4 Å². The Morgan fingerprint density at radius 3 is 3.00 bits per heavy atom. The SMILES string of the molecule is COCCOCC(=O)Nc1ccc2c(c1)CNCC2.Cl. The highest BCUT2D eigenvalue weighted by molar-refractivity contribution is 5.91. The van der Waals surface area contributed by atoms with Crippen LogP contribution in [0.4, 0.5) is 5.69 Å². The molecule has 0 atom stereocenters. The number of anilines is 1. The largest absolute Gasteiger partial charge is 0.382 e. The summed E-state index contributed by atoms with van der Waals surface area (Å²) >= 11 is 0. The molecule has 0 aromatic heterocycles. The van der Waals surface area contributed by atoms with Crippen LogP contribution < -0.4 is 10.6 Å². The monoisotopic (exact) mass is 300 g/mol. The average Bonchev–Trinajstić information content (AvgIpc) is 2.43. The summed E-state index contributed by atoms with van der Waals surface area (Å²) in [6.45, 7) is 2.87. The average molecular weight is 301 g/mol. The number of methoxy groups -OCH3 is 1. The first-order chi connectivity index (χ1) is 9.29.